The Balaban J connectivity index is 3.01. The van der Waals surface area contributed by atoms with Crippen molar-refractivity contribution in [2.75, 3.05) is 6.61 Å². The molecule has 0 aromatic rings. The predicted octanol–water partition coefficient (Wildman–Crippen LogP) is 0.299. The average molecular weight is 180 g/mol. The van der Waals surface area contributed by atoms with E-state index in [1.165, 1.54) is 6.20 Å². The van der Waals surface area contributed by atoms with Crippen molar-refractivity contribution in [3.05, 3.63) is 36.4 Å². The first-order valence-electron chi connectivity index (χ1n) is 3.93. The van der Waals surface area contributed by atoms with Gasteiger partial charge in [0.2, 0.25) is 0 Å². The van der Waals surface area contributed by atoms with E-state index in [0.717, 1.165) is 0 Å². The molecule has 1 rings (SSSR count). The molecule has 0 bridgehead atoms. The SMILES string of the molecule is C=CN1C=C(CO)NC(=O)/C1=C/C. The summed E-state index contributed by atoms with van der Waals surface area (Å²) >= 11 is 0. The van der Waals surface area contributed by atoms with Gasteiger partial charge in [0.05, 0.1) is 12.3 Å². The van der Waals surface area contributed by atoms with Gasteiger partial charge in [-0.05, 0) is 6.92 Å². The molecule has 1 aliphatic heterocycles. The molecule has 70 valence electrons. The Morgan fingerprint density at radius 1 is 1.77 bits per heavy atom. The largest absolute Gasteiger partial charge is 0.390 e. The normalized spacial score (nSPS) is 19.8. The zero-order valence-corrected chi connectivity index (χ0v) is 7.45. The number of carbonyl (C=O) groups is 1. The van der Waals surface area contributed by atoms with Crippen LogP contribution in [0.3, 0.4) is 0 Å². The van der Waals surface area contributed by atoms with E-state index in [4.69, 9.17) is 5.11 Å². The second-order valence-corrected chi connectivity index (χ2v) is 2.53. The van der Waals surface area contributed by atoms with Crippen molar-refractivity contribution >= 4 is 5.91 Å². The molecule has 0 aromatic heterocycles. The lowest BCUT2D eigenvalue weighted by atomic mass is 10.2. The zero-order valence-electron chi connectivity index (χ0n) is 7.45. The van der Waals surface area contributed by atoms with Gasteiger partial charge in [0.1, 0.15) is 5.70 Å². The molecular weight excluding hydrogens is 168 g/mol. The Morgan fingerprint density at radius 2 is 2.46 bits per heavy atom. The molecule has 2 N–H and O–H groups in total. The maximum Gasteiger partial charge on any atom is 0.272 e. The second kappa shape index (κ2) is 3.91. The van der Waals surface area contributed by atoms with Crippen LogP contribution in [0.15, 0.2) is 36.4 Å². The summed E-state index contributed by atoms with van der Waals surface area (Å²) in [5.41, 5.74) is 0.975. The second-order valence-electron chi connectivity index (χ2n) is 2.53. The van der Waals surface area contributed by atoms with Gasteiger partial charge < -0.3 is 15.3 Å². The number of rotatable bonds is 2. The van der Waals surface area contributed by atoms with Gasteiger partial charge in [-0.15, -0.1) is 0 Å². The lowest BCUT2D eigenvalue weighted by molar-refractivity contribution is -0.118. The third-order valence-electron chi connectivity index (χ3n) is 1.72. The molecule has 0 fully saturated rings. The first-order valence-corrected chi connectivity index (χ1v) is 3.93. The number of nitrogens with one attached hydrogen (secondary N) is 1. The monoisotopic (exact) mass is 180 g/mol. The molecule has 0 aliphatic carbocycles. The molecule has 0 unspecified atom stereocenters. The molecule has 4 heteroatoms. The highest BCUT2D eigenvalue weighted by Gasteiger charge is 2.19. The lowest BCUT2D eigenvalue weighted by Crippen LogP contribution is -2.36. The minimum atomic E-state index is -0.228. The molecule has 0 spiro atoms. The van der Waals surface area contributed by atoms with Gasteiger partial charge in [-0.25, -0.2) is 0 Å². The third-order valence-corrected chi connectivity index (χ3v) is 1.72. The van der Waals surface area contributed by atoms with Crippen LogP contribution in [0.25, 0.3) is 0 Å². The fourth-order valence-electron chi connectivity index (χ4n) is 1.11. The Kier molecular flexibility index (Phi) is 2.87. The molecule has 0 radical (unpaired) electrons. The fraction of sp³-hybridized carbons (Fsp3) is 0.222. The van der Waals surface area contributed by atoms with Crippen LogP contribution >= 0.6 is 0 Å². The summed E-state index contributed by atoms with van der Waals surface area (Å²) in [6, 6.07) is 0. The standard InChI is InChI=1S/C9H12N2O2/c1-3-8-9(13)10-7(6-12)5-11(8)4-2/h3-5,12H,2,6H2,1H3,(H,10,13)/b8-3-. The lowest BCUT2D eigenvalue weighted by Gasteiger charge is -2.25. The maximum atomic E-state index is 11.3. The highest BCUT2D eigenvalue weighted by Crippen LogP contribution is 2.12. The minimum absolute atomic E-state index is 0.187. The minimum Gasteiger partial charge on any atom is -0.390 e. The van der Waals surface area contributed by atoms with Crippen molar-refractivity contribution in [2.24, 2.45) is 0 Å². The summed E-state index contributed by atoms with van der Waals surface area (Å²) in [5, 5.41) is 11.4. The molecular formula is C9H12N2O2. The number of allylic oxidation sites excluding steroid dienone is 1. The van der Waals surface area contributed by atoms with Crippen LogP contribution in [0.5, 0.6) is 0 Å². The van der Waals surface area contributed by atoms with Crippen molar-refractivity contribution in [2.45, 2.75) is 6.92 Å². The molecule has 4 nitrogen and oxygen atoms in total. The molecule has 1 amide bonds. The Labute approximate surface area is 76.8 Å². The number of nitrogens with zero attached hydrogens (tertiary/aromatic N) is 1. The van der Waals surface area contributed by atoms with E-state index in [1.54, 1.807) is 24.1 Å². The van der Waals surface area contributed by atoms with Gasteiger partial charge in [-0.2, -0.15) is 0 Å². The first kappa shape index (κ1) is 9.54. The van der Waals surface area contributed by atoms with Crippen molar-refractivity contribution in [1.82, 2.24) is 10.2 Å². The van der Waals surface area contributed by atoms with Gasteiger partial charge in [0.15, 0.2) is 0 Å². The summed E-state index contributed by atoms with van der Waals surface area (Å²) in [6.45, 7) is 5.14. The number of carbonyl (C=O) groups excluding carboxylic acids is 1. The van der Waals surface area contributed by atoms with E-state index in [-0.39, 0.29) is 12.5 Å². The highest BCUT2D eigenvalue weighted by molar-refractivity contribution is 5.95. The van der Waals surface area contributed by atoms with E-state index in [9.17, 15) is 4.79 Å². The number of amides is 1. The molecule has 0 saturated heterocycles. The highest BCUT2D eigenvalue weighted by atomic mass is 16.3. The van der Waals surface area contributed by atoms with Gasteiger partial charge in [-0.3, -0.25) is 4.79 Å². The molecule has 1 heterocycles. The van der Waals surface area contributed by atoms with Crippen LogP contribution in [0.1, 0.15) is 6.92 Å². The van der Waals surface area contributed by atoms with Crippen molar-refractivity contribution < 1.29 is 9.90 Å². The number of aliphatic hydroxyl groups is 1. The smallest absolute Gasteiger partial charge is 0.272 e. The summed E-state index contributed by atoms with van der Waals surface area (Å²) in [7, 11) is 0. The molecule has 0 atom stereocenters. The van der Waals surface area contributed by atoms with Crippen LogP contribution in [0, 0.1) is 0 Å². The number of aliphatic hydroxyl groups excluding tert-OH is 1. The summed E-state index contributed by atoms with van der Waals surface area (Å²) in [4.78, 5) is 12.9. The van der Waals surface area contributed by atoms with Gasteiger partial charge in [0, 0.05) is 12.4 Å². The molecule has 0 saturated carbocycles. The Hall–Kier alpha value is -1.55. The van der Waals surface area contributed by atoms with E-state index in [1.807, 2.05) is 0 Å². The third kappa shape index (κ3) is 1.78. The predicted molar refractivity (Wildman–Crippen MR) is 49.1 cm³/mol. The van der Waals surface area contributed by atoms with Gasteiger partial charge in [0.25, 0.3) is 5.91 Å². The number of hydrogen-bond acceptors (Lipinski definition) is 3. The van der Waals surface area contributed by atoms with Crippen LogP contribution in [0.2, 0.25) is 0 Å². The van der Waals surface area contributed by atoms with Crippen LogP contribution in [-0.4, -0.2) is 22.5 Å². The van der Waals surface area contributed by atoms with E-state index >= 15 is 0 Å². The van der Waals surface area contributed by atoms with Crippen LogP contribution < -0.4 is 5.32 Å². The molecule has 1 aliphatic rings. The first-order chi connectivity index (χ1) is 6.22. The van der Waals surface area contributed by atoms with Gasteiger partial charge in [-0.1, -0.05) is 12.7 Å². The Bertz CT molecular complexity index is 292. The van der Waals surface area contributed by atoms with Crippen molar-refractivity contribution in [3.8, 4) is 0 Å². The maximum absolute atomic E-state index is 11.3. The fourth-order valence-corrected chi connectivity index (χ4v) is 1.11. The number of hydrogen-bond donors (Lipinski definition) is 2. The van der Waals surface area contributed by atoms with E-state index in [0.29, 0.717) is 11.4 Å². The molecule has 0 aromatic carbocycles. The van der Waals surface area contributed by atoms with Crippen LogP contribution in [-0.2, 0) is 4.79 Å². The summed E-state index contributed by atoms with van der Waals surface area (Å²) in [6.07, 6.45) is 4.83. The average Bonchev–Trinajstić information content (AvgIpc) is 2.16. The van der Waals surface area contributed by atoms with Crippen molar-refractivity contribution in [3.63, 3.8) is 0 Å². The van der Waals surface area contributed by atoms with E-state index < -0.39 is 0 Å². The summed E-state index contributed by atoms with van der Waals surface area (Å²) < 4.78 is 0. The topological polar surface area (TPSA) is 52.6 Å². The Morgan fingerprint density at radius 3 is 2.92 bits per heavy atom. The van der Waals surface area contributed by atoms with Gasteiger partial charge >= 0.3 is 0 Å². The zero-order chi connectivity index (χ0) is 9.84. The quantitative estimate of drug-likeness (QED) is 0.601. The summed E-state index contributed by atoms with van der Waals surface area (Å²) in [5.74, 6) is -0.228. The van der Waals surface area contributed by atoms with E-state index in [2.05, 4.69) is 11.9 Å². The van der Waals surface area contributed by atoms with Crippen LogP contribution in [0.4, 0.5) is 0 Å². The molecule has 13 heavy (non-hydrogen) atoms. The van der Waals surface area contributed by atoms with Crippen molar-refractivity contribution in [1.29, 1.82) is 0 Å².